The molecule has 104 valence electrons. The van der Waals surface area contributed by atoms with Crippen LogP contribution >= 0.6 is 15.9 Å². The molecule has 2 aromatic carbocycles. The molecule has 0 bridgehead atoms. The van der Waals surface area contributed by atoms with E-state index in [1.807, 2.05) is 24.3 Å². The standard InChI is InChI=1S/C15H15BrN2O2/c16-12-5-6-14(19)13(7-12)15(20)18-9-11-3-1-10(8-17)2-4-11/h1-7,19H,8-9,17H2,(H,18,20). The Balaban J connectivity index is 2.02. The van der Waals surface area contributed by atoms with E-state index in [-0.39, 0.29) is 17.2 Å². The van der Waals surface area contributed by atoms with E-state index in [4.69, 9.17) is 5.73 Å². The zero-order valence-corrected chi connectivity index (χ0v) is 12.4. The molecule has 0 saturated heterocycles. The number of nitrogens with one attached hydrogen (secondary N) is 1. The Labute approximate surface area is 125 Å². The largest absolute Gasteiger partial charge is 0.507 e. The van der Waals surface area contributed by atoms with E-state index < -0.39 is 0 Å². The first kappa shape index (κ1) is 14.6. The third-order valence-corrected chi connectivity index (χ3v) is 3.41. The molecule has 4 N–H and O–H groups in total. The van der Waals surface area contributed by atoms with Gasteiger partial charge in [0.2, 0.25) is 0 Å². The van der Waals surface area contributed by atoms with Gasteiger partial charge in [0, 0.05) is 17.6 Å². The summed E-state index contributed by atoms with van der Waals surface area (Å²) in [5.41, 5.74) is 7.80. The summed E-state index contributed by atoms with van der Waals surface area (Å²) in [7, 11) is 0. The molecule has 0 aromatic heterocycles. The van der Waals surface area contributed by atoms with Crippen molar-refractivity contribution in [3.05, 3.63) is 63.6 Å². The topological polar surface area (TPSA) is 75.3 Å². The van der Waals surface area contributed by atoms with Crippen molar-refractivity contribution < 1.29 is 9.90 Å². The number of hydrogen-bond acceptors (Lipinski definition) is 3. The number of nitrogens with two attached hydrogens (primary N) is 1. The van der Waals surface area contributed by atoms with Crippen LogP contribution in [-0.2, 0) is 13.1 Å². The highest BCUT2D eigenvalue weighted by Gasteiger charge is 2.11. The number of halogens is 1. The van der Waals surface area contributed by atoms with Gasteiger partial charge in [-0.2, -0.15) is 0 Å². The fourth-order valence-electron chi connectivity index (χ4n) is 1.76. The number of carbonyl (C=O) groups excluding carboxylic acids is 1. The van der Waals surface area contributed by atoms with E-state index in [0.717, 1.165) is 15.6 Å². The summed E-state index contributed by atoms with van der Waals surface area (Å²) >= 11 is 3.27. The Morgan fingerprint density at radius 1 is 1.15 bits per heavy atom. The maximum atomic E-state index is 12.0. The van der Waals surface area contributed by atoms with Crippen LogP contribution < -0.4 is 11.1 Å². The number of carbonyl (C=O) groups is 1. The van der Waals surface area contributed by atoms with Gasteiger partial charge in [0.15, 0.2) is 0 Å². The maximum absolute atomic E-state index is 12.0. The van der Waals surface area contributed by atoms with Gasteiger partial charge >= 0.3 is 0 Å². The third kappa shape index (κ3) is 3.59. The van der Waals surface area contributed by atoms with Crippen molar-refractivity contribution in [3.63, 3.8) is 0 Å². The van der Waals surface area contributed by atoms with Crippen molar-refractivity contribution in [1.82, 2.24) is 5.32 Å². The van der Waals surface area contributed by atoms with E-state index in [2.05, 4.69) is 21.2 Å². The summed E-state index contributed by atoms with van der Waals surface area (Å²) in [6.07, 6.45) is 0. The number of hydrogen-bond donors (Lipinski definition) is 3. The molecular formula is C15H15BrN2O2. The van der Waals surface area contributed by atoms with Crippen LogP contribution in [0.4, 0.5) is 0 Å². The maximum Gasteiger partial charge on any atom is 0.255 e. The van der Waals surface area contributed by atoms with E-state index >= 15 is 0 Å². The molecule has 0 heterocycles. The number of aromatic hydroxyl groups is 1. The van der Waals surface area contributed by atoms with Crippen LogP contribution in [0, 0.1) is 0 Å². The first-order valence-corrected chi connectivity index (χ1v) is 6.94. The lowest BCUT2D eigenvalue weighted by Crippen LogP contribution is -2.22. The van der Waals surface area contributed by atoms with Crippen molar-refractivity contribution in [1.29, 1.82) is 0 Å². The van der Waals surface area contributed by atoms with Crippen molar-refractivity contribution in [3.8, 4) is 5.75 Å². The predicted octanol–water partition coefficient (Wildman–Crippen LogP) is 2.54. The summed E-state index contributed by atoms with van der Waals surface area (Å²) in [4.78, 5) is 12.0. The molecule has 4 nitrogen and oxygen atoms in total. The normalized spacial score (nSPS) is 10.3. The summed E-state index contributed by atoms with van der Waals surface area (Å²) in [5, 5.41) is 12.4. The molecule has 0 unspecified atom stereocenters. The van der Waals surface area contributed by atoms with E-state index in [1.54, 1.807) is 12.1 Å². The highest BCUT2D eigenvalue weighted by Crippen LogP contribution is 2.21. The molecule has 2 rings (SSSR count). The van der Waals surface area contributed by atoms with E-state index in [9.17, 15) is 9.90 Å². The summed E-state index contributed by atoms with van der Waals surface area (Å²) in [5.74, 6) is -0.351. The SMILES string of the molecule is NCc1ccc(CNC(=O)c2cc(Br)ccc2O)cc1. The Kier molecular flexibility index (Phi) is 4.76. The molecule has 1 amide bonds. The van der Waals surface area contributed by atoms with Gasteiger partial charge in [-0.25, -0.2) is 0 Å². The lowest BCUT2D eigenvalue weighted by molar-refractivity contribution is 0.0948. The zero-order chi connectivity index (χ0) is 14.5. The van der Waals surface area contributed by atoms with Crippen LogP contribution in [0.3, 0.4) is 0 Å². The predicted molar refractivity (Wildman–Crippen MR) is 81.3 cm³/mol. The molecule has 0 aliphatic heterocycles. The molecule has 0 radical (unpaired) electrons. The number of benzene rings is 2. The number of amides is 1. The summed E-state index contributed by atoms with van der Waals surface area (Å²) in [6.45, 7) is 0.897. The van der Waals surface area contributed by atoms with Gasteiger partial charge in [0.1, 0.15) is 5.75 Å². The molecule has 0 saturated carbocycles. The third-order valence-electron chi connectivity index (χ3n) is 2.91. The molecule has 0 fully saturated rings. The van der Waals surface area contributed by atoms with Crippen LogP contribution in [0.25, 0.3) is 0 Å². The average Bonchev–Trinajstić information content (AvgIpc) is 2.47. The molecule has 5 heteroatoms. The van der Waals surface area contributed by atoms with Crippen LogP contribution in [0.1, 0.15) is 21.5 Å². The first-order chi connectivity index (χ1) is 9.60. The minimum atomic E-state index is -0.313. The van der Waals surface area contributed by atoms with Gasteiger partial charge in [-0.3, -0.25) is 4.79 Å². The van der Waals surface area contributed by atoms with Gasteiger partial charge in [-0.15, -0.1) is 0 Å². The summed E-state index contributed by atoms with van der Waals surface area (Å²) < 4.78 is 0.743. The van der Waals surface area contributed by atoms with Gasteiger partial charge in [-0.05, 0) is 29.3 Å². The lowest BCUT2D eigenvalue weighted by Gasteiger charge is -2.08. The van der Waals surface area contributed by atoms with Crippen molar-refractivity contribution >= 4 is 21.8 Å². The van der Waals surface area contributed by atoms with Crippen LogP contribution in [-0.4, -0.2) is 11.0 Å². The Hall–Kier alpha value is -1.85. The molecule has 0 spiro atoms. The average molecular weight is 335 g/mol. The Morgan fingerprint density at radius 3 is 2.45 bits per heavy atom. The second kappa shape index (κ2) is 6.54. The van der Waals surface area contributed by atoms with Crippen LogP contribution in [0.2, 0.25) is 0 Å². The summed E-state index contributed by atoms with van der Waals surface area (Å²) in [6, 6.07) is 12.4. The fourth-order valence-corrected chi connectivity index (χ4v) is 2.12. The Bertz CT molecular complexity index is 612. The van der Waals surface area contributed by atoms with Gasteiger partial charge in [0.25, 0.3) is 5.91 Å². The van der Waals surface area contributed by atoms with E-state index in [0.29, 0.717) is 13.1 Å². The molecule has 0 aliphatic rings. The van der Waals surface area contributed by atoms with Crippen molar-refractivity contribution in [2.24, 2.45) is 5.73 Å². The van der Waals surface area contributed by atoms with Gasteiger partial charge in [0.05, 0.1) is 5.56 Å². The minimum absolute atomic E-state index is 0.0378. The molecular weight excluding hydrogens is 320 g/mol. The second-order valence-electron chi connectivity index (χ2n) is 4.36. The van der Waals surface area contributed by atoms with Crippen LogP contribution in [0.5, 0.6) is 5.75 Å². The van der Waals surface area contributed by atoms with Crippen LogP contribution in [0.15, 0.2) is 46.9 Å². The van der Waals surface area contributed by atoms with E-state index in [1.165, 1.54) is 6.07 Å². The first-order valence-electron chi connectivity index (χ1n) is 6.15. The fraction of sp³-hybridized carbons (Fsp3) is 0.133. The quantitative estimate of drug-likeness (QED) is 0.804. The molecule has 20 heavy (non-hydrogen) atoms. The van der Waals surface area contributed by atoms with Gasteiger partial charge in [-0.1, -0.05) is 40.2 Å². The second-order valence-corrected chi connectivity index (χ2v) is 5.28. The number of phenolic OH excluding ortho intramolecular Hbond substituents is 1. The highest BCUT2D eigenvalue weighted by atomic mass is 79.9. The Morgan fingerprint density at radius 2 is 1.80 bits per heavy atom. The van der Waals surface area contributed by atoms with Gasteiger partial charge < -0.3 is 16.2 Å². The highest BCUT2D eigenvalue weighted by molar-refractivity contribution is 9.10. The zero-order valence-electron chi connectivity index (χ0n) is 10.8. The monoisotopic (exact) mass is 334 g/mol. The minimum Gasteiger partial charge on any atom is -0.507 e. The van der Waals surface area contributed by atoms with Crippen molar-refractivity contribution in [2.45, 2.75) is 13.1 Å². The molecule has 0 aliphatic carbocycles. The molecule has 2 aromatic rings. The lowest BCUT2D eigenvalue weighted by atomic mass is 10.1. The number of phenols is 1. The molecule has 0 atom stereocenters. The smallest absolute Gasteiger partial charge is 0.255 e. The van der Waals surface area contributed by atoms with Crippen molar-refractivity contribution in [2.75, 3.05) is 0 Å². The number of rotatable bonds is 4.